The number of piperazine rings is 1. The highest BCUT2D eigenvalue weighted by atomic mass is 127. The molecule has 1 heterocycles. The van der Waals surface area contributed by atoms with Crippen LogP contribution in [0.5, 0.6) is 0 Å². The van der Waals surface area contributed by atoms with Gasteiger partial charge in [-0.3, -0.25) is 9.89 Å². The van der Waals surface area contributed by atoms with Crippen LogP contribution in [-0.4, -0.2) is 90.1 Å². The summed E-state index contributed by atoms with van der Waals surface area (Å²) in [5.41, 5.74) is 1.34. The van der Waals surface area contributed by atoms with Gasteiger partial charge in [0.1, 0.15) is 0 Å². The number of halogens is 1. The molecule has 0 spiro atoms. The summed E-state index contributed by atoms with van der Waals surface area (Å²) in [6, 6.07) is 10.7. The van der Waals surface area contributed by atoms with Gasteiger partial charge in [-0.15, -0.1) is 24.0 Å². The first-order valence-electron chi connectivity index (χ1n) is 10.9. The number of hydrogen-bond donors (Lipinski definition) is 2. The molecule has 2 rings (SSSR count). The number of ether oxygens (including phenoxy) is 2. The van der Waals surface area contributed by atoms with Gasteiger partial charge >= 0.3 is 0 Å². The average Bonchev–Trinajstić information content (AvgIpc) is 2.77. The third-order valence-corrected chi connectivity index (χ3v) is 4.93. The number of anilines is 1. The van der Waals surface area contributed by atoms with Crippen LogP contribution in [0, 0.1) is 0 Å². The lowest BCUT2D eigenvalue weighted by Gasteiger charge is -2.36. The summed E-state index contributed by atoms with van der Waals surface area (Å²) in [6.45, 7) is 12.3. The molecule has 8 heteroatoms. The second-order valence-corrected chi connectivity index (χ2v) is 7.16. The maximum absolute atomic E-state index is 5.47. The molecule has 172 valence electrons. The van der Waals surface area contributed by atoms with E-state index in [1.54, 1.807) is 7.11 Å². The molecule has 1 aliphatic rings. The largest absolute Gasteiger partial charge is 0.382 e. The van der Waals surface area contributed by atoms with E-state index in [4.69, 9.17) is 9.47 Å². The van der Waals surface area contributed by atoms with Crippen molar-refractivity contribution in [3.63, 3.8) is 0 Å². The summed E-state index contributed by atoms with van der Waals surface area (Å²) in [5.74, 6) is 0.901. The van der Waals surface area contributed by atoms with E-state index in [0.29, 0.717) is 13.2 Å². The van der Waals surface area contributed by atoms with Crippen LogP contribution in [0.25, 0.3) is 0 Å². The first-order chi connectivity index (χ1) is 14.3. The van der Waals surface area contributed by atoms with E-state index in [-0.39, 0.29) is 24.0 Å². The van der Waals surface area contributed by atoms with Gasteiger partial charge in [0.2, 0.25) is 0 Å². The quantitative estimate of drug-likeness (QED) is 0.176. The Morgan fingerprint density at radius 3 is 2.47 bits per heavy atom. The topological polar surface area (TPSA) is 61.4 Å². The van der Waals surface area contributed by atoms with Gasteiger partial charge < -0.3 is 25.0 Å². The molecular formula is C22H40IN5O2. The molecule has 1 aromatic carbocycles. The van der Waals surface area contributed by atoms with Crippen LogP contribution in [-0.2, 0) is 9.47 Å². The smallest absolute Gasteiger partial charge is 0.191 e. The molecule has 1 saturated heterocycles. The fraction of sp³-hybridized carbons (Fsp3) is 0.682. The van der Waals surface area contributed by atoms with Gasteiger partial charge in [-0.05, 0) is 38.4 Å². The zero-order valence-electron chi connectivity index (χ0n) is 18.6. The predicted octanol–water partition coefficient (Wildman–Crippen LogP) is 2.42. The Labute approximate surface area is 199 Å². The van der Waals surface area contributed by atoms with Crippen molar-refractivity contribution in [3.8, 4) is 0 Å². The molecule has 0 aliphatic carbocycles. The molecule has 2 N–H and O–H groups in total. The Kier molecular flexibility index (Phi) is 15.8. The minimum Gasteiger partial charge on any atom is -0.382 e. The minimum absolute atomic E-state index is 0. The van der Waals surface area contributed by atoms with Crippen molar-refractivity contribution in [3.05, 3.63) is 30.3 Å². The van der Waals surface area contributed by atoms with Crippen molar-refractivity contribution in [2.45, 2.75) is 19.8 Å². The van der Waals surface area contributed by atoms with E-state index in [2.05, 4.69) is 62.7 Å². The first-order valence-corrected chi connectivity index (χ1v) is 10.9. The van der Waals surface area contributed by atoms with Gasteiger partial charge in [-0.1, -0.05) is 18.2 Å². The van der Waals surface area contributed by atoms with Gasteiger partial charge in [-0.2, -0.15) is 0 Å². The summed E-state index contributed by atoms with van der Waals surface area (Å²) < 4.78 is 10.4. The number of guanidine groups is 1. The van der Waals surface area contributed by atoms with Gasteiger partial charge in [-0.25, -0.2) is 0 Å². The summed E-state index contributed by atoms with van der Waals surface area (Å²) in [7, 11) is 1.69. The molecule has 1 fully saturated rings. The van der Waals surface area contributed by atoms with Crippen LogP contribution < -0.4 is 15.5 Å². The summed E-state index contributed by atoms with van der Waals surface area (Å²) in [6.07, 6.45) is 2.04. The molecule has 30 heavy (non-hydrogen) atoms. The second-order valence-electron chi connectivity index (χ2n) is 7.16. The summed E-state index contributed by atoms with van der Waals surface area (Å²) >= 11 is 0. The van der Waals surface area contributed by atoms with Crippen LogP contribution in [0.1, 0.15) is 19.8 Å². The Morgan fingerprint density at radius 1 is 1.00 bits per heavy atom. The Balaban J connectivity index is 0.00000450. The van der Waals surface area contributed by atoms with Crippen LogP contribution in [0.15, 0.2) is 35.3 Å². The molecule has 0 unspecified atom stereocenters. The molecule has 1 aromatic rings. The first kappa shape index (κ1) is 26.9. The van der Waals surface area contributed by atoms with Gasteiger partial charge in [0.05, 0.1) is 13.2 Å². The number of aliphatic imine (C=N–C) groups is 1. The highest BCUT2D eigenvalue weighted by Crippen LogP contribution is 2.15. The minimum atomic E-state index is 0. The van der Waals surface area contributed by atoms with Crippen molar-refractivity contribution < 1.29 is 9.47 Å². The maximum Gasteiger partial charge on any atom is 0.191 e. The van der Waals surface area contributed by atoms with E-state index in [1.807, 2.05) is 0 Å². The van der Waals surface area contributed by atoms with Crippen molar-refractivity contribution in [2.24, 2.45) is 4.99 Å². The SMILES string of the molecule is CCNC(=NCCCOCCOC)NCCCN1CCN(c2ccccc2)CC1.I. The van der Waals surface area contributed by atoms with E-state index in [1.165, 1.54) is 5.69 Å². The van der Waals surface area contributed by atoms with Crippen LogP contribution in [0.4, 0.5) is 5.69 Å². The number of nitrogens with one attached hydrogen (secondary N) is 2. The normalized spacial score (nSPS) is 15.0. The van der Waals surface area contributed by atoms with Gasteiger partial charge in [0.25, 0.3) is 0 Å². The summed E-state index contributed by atoms with van der Waals surface area (Å²) in [5, 5.41) is 6.76. The zero-order valence-corrected chi connectivity index (χ0v) is 21.0. The lowest BCUT2D eigenvalue weighted by Crippen LogP contribution is -2.47. The lowest BCUT2D eigenvalue weighted by atomic mass is 10.2. The number of benzene rings is 1. The number of rotatable bonds is 13. The predicted molar refractivity (Wildman–Crippen MR) is 136 cm³/mol. The zero-order chi connectivity index (χ0) is 20.6. The Bertz CT molecular complexity index is 554. The monoisotopic (exact) mass is 533 g/mol. The highest BCUT2D eigenvalue weighted by Gasteiger charge is 2.16. The van der Waals surface area contributed by atoms with Crippen LogP contribution >= 0.6 is 24.0 Å². The molecule has 0 bridgehead atoms. The Hall–Kier alpha value is -1.10. The number of nitrogens with zero attached hydrogens (tertiary/aromatic N) is 3. The molecular weight excluding hydrogens is 493 g/mol. The maximum atomic E-state index is 5.47. The average molecular weight is 533 g/mol. The van der Waals surface area contributed by atoms with Crippen molar-refractivity contribution in [1.82, 2.24) is 15.5 Å². The third kappa shape index (κ3) is 11.3. The number of para-hydroxylation sites is 1. The lowest BCUT2D eigenvalue weighted by molar-refractivity contribution is 0.0702. The molecule has 0 atom stereocenters. The van der Waals surface area contributed by atoms with Gasteiger partial charge in [0.15, 0.2) is 5.96 Å². The number of hydrogen-bond acceptors (Lipinski definition) is 5. The Morgan fingerprint density at radius 2 is 1.77 bits per heavy atom. The van der Waals surface area contributed by atoms with E-state index >= 15 is 0 Å². The molecule has 0 aromatic heterocycles. The number of methoxy groups -OCH3 is 1. The van der Waals surface area contributed by atoms with Crippen molar-refractivity contribution in [1.29, 1.82) is 0 Å². The van der Waals surface area contributed by atoms with Crippen LogP contribution in [0.3, 0.4) is 0 Å². The second kappa shape index (κ2) is 17.6. The van der Waals surface area contributed by atoms with Crippen molar-refractivity contribution >= 4 is 35.6 Å². The molecule has 0 radical (unpaired) electrons. The van der Waals surface area contributed by atoms with Crippen LogP contribution in [0.2, 0.25) is 0 Å². The summed E-state index contributed by atoms with van der Waals surface area (Å²) in [4.78, 5) is 9.66. The molecule has 0 amide bonds. The van der Waals surface area contributed by atoms with E-state index in [9.17, 15) is 0 Å². The molecule has 1 aliphatic heterocycles. The fourth-order valence-electron chi connectivity index (χ4n) is 3.32. The van der Waals surface area contributed by atoms with Crippen molar-refractivity contribution in [2.75, 3.05) is 84.2 Å². The van der Waals surface area contributed by atoms with Gasteiger partial charge in [0, 0.05) is 65.2 Å². The third-order valence-electron chi connectivity index (χ3n) is 4.93. The standard InChI is InChI=1S/C22H39N5O2.HI/c1-3-23-22(25-12-8-18-29-20-19-28-2)24-11-7-13-26-14-16-27(17-15-26)21-9-5-4-6-10-21;/h4-6,9-10H,3,7-8,11-20H2,1-2H3,(H2,23,24,25);1H. The fourth-order valence-corrected chi connectivity index (χ4v) is 3.32. The molecule has 0 saturated carbocycles. The van der Waals surface area contributed by atoms with E-state index < -0.39 is 0 Å². The van der Waals surface area contributed by atoms with E-state index in [0.717, 1.165) is 77.8 Å². The molecule has 7 nitrogen and oxygen atoms in total. The highest BCUT2D eigenvalue weighted by molar-refractivity contribution is 14.0.